The fourth-order valence-corrected chi connectivity index (χ4v) is 1.43. The van der Waals surface area contributed by atoms with E-state index in [0.29, 0.717) is 5.56 Å². The van der Waals surface area contributed by atoms with E-state index < -0.39 is 5.82 Å². The molecule has 1 aromatic rings. The van der Waals surface area contributed by atoms with Crippen LogP contribution in [-0.2, 0) is 0 Å². The highest BCUT2D eigenvalue weighted by atomic mass is 79.9. The third-order valence-corrected chi connectivity index (χ3v) is 2.18. The molecule has 70 valence electrons. The van der Waals surface area contributed by atoms with Crippen molar-refractivity contribution in [1.82, 2.24) is 0 Å². The number of halogens is 2. The van der Waals surface area contributed by atoms with Crippen LogP contribution in [0, 0.1) is 12.7 Å². The summed E-state index contributed by atoms with van der Waals surface area (Å²) < 4.78 is 13.1. The number of aromatic hydroxyl groups is 1. The number of rotatable bonds is 2. The lowest BCUT2D eigenvalue weighted by Gasteiger charge is -2.04. The predicted octanol–water partition coefficient (Wildman–Crippen LogP) is 2.42. The maximum Gasteiger partial charge on any atom is 0.176 e. The van der Waals surface area contributed by atoms with Gasteiger partial charge in [0.05, 0.1) is 10.9 Å². The molecule has 0 atom stereocenters. The van der Waals surface area contributed by atoms with Crippen molar-refractivity contribution in [2.75, 3.05) is 5.33 Å². The van der Waals surface area contributed by atoms with Crippen molar-refractivity contribution in [1.29, 1.82) is 0 Å². The maximum atomic E-state index is 13.1. The molecule has 0 fully saturated rings. The van der Waals surface area contributed by atoms with Gasteiger partial charge in [-0.15, -0.1) is 0 Å². The number of ketones is 1. The Morgan fingerprint density at radius 2 is 2.23 bits per heavy atom. The van der Waals surface area contributed by atoms with Gasteiger partial charge in [0.25, 0.3) is 0 Å². The van der Waals surface area contributed by atoms with Crippen LogP contribution >= 0.6 is 15.9 Å². The van der Waals surface area contributed by atoms with Crippen LogP contribution in [0.1, 0.15) is 15.9 Å². The second kappa shape index (κ2) is 3.87. The van der Waals surface area contributed by atoms with E-state index >= 15 is 0 Å². The Morgan fingerprint density at radius 1 is 1.62 bits per heavy atom. The molecule has 1 N–H and O–H groups in total. The highest BCUT2D eigenvalue weighted by Crippen LogP contribution is 2.20. The Labute approximate surface area is 83.5 Å². The fourth-order valence-electron chi connectivity index (χ4n) is 1.15. The van der Waals surface area contributed by atoms with Gasteiger partial charge < -0.3 is 5.11 Å². The van der Waals surface area contributed by atoms with Gasteiger partial charge in [0.1, 0.15) is 11.6 Å². The third-order valence-electron chi connectivity index (χ3n) is 1.67. The summed E-state index contributed by atoms with van der Waals surface area (Å²) in [6, 6.07) is 2.29. The van der Waals surface area contributed by atoms with Crippen molar-refractivity contribution in [2.24, 2.45) is 0 Å². The Morgan fingerprint density at radius 3 is 2.69 bits per heavy atom. The molecule has 2 nitrogen and oxygen atoms in total. The molecule has 0 saturated carbocycles. The Kier molecular flexibility index (Phi) is 3.03. The molecule has 0 aliphatic carbocycles. The van der Waals surface area contributed by atoms with Crippen LogP contribution < -0.4 is 0 Å². The van der Waals surface area contributed by atoms with Crippen molar-refractivity contribution in [3.63, 3.8) is 0 Å². The number of phenolic OH excluding ortho intramolecular Hbond substituents is 1. The van der Waals surface area contributed by atoms with E-state index in [0.717, 1.165) is 6.07 Å². The Balaban J connectivity index is 3.28. The lowest BCUT2D eigenvalue weighted by atomic mass is 10.0. The molecule has 0 radical (unpaired) electrons. The van der Waals surface area contributed by atoms with Gasteiger partial charge in [-0.05, 0) is 18.6 Å². The zero-order valence-corrected chi connectivity index (χ0v) is 8.56. The first-order valence-electron chi connectivity index (χ1n) is 3.64. The molecule has 4 heteroatoms. The molecule has 1 aromatic carbocycles. The summed E-state index contributed by atoms with van der Waals surface area (Å²) in [5.74, 6) is -1.17. The molecule has 0 amide bonds. The third kappa shape index (κ3) is 2.06. The highest BCUT2D eigenvalue weighted by Gasteiger charge is 2.14. The summed E-state index contributed by atoms with van der Waals surface area (Å²) in [4.78, 5) is 11.2. The van der Waals surface area contributed by atoms with Gasteiger partial charge in [0.2, 0.25) is 0 Å². The van der Waals surface area contributed by atoms with Crippen LogP contribution in [0.15, 0.2) is 12.1 Å². The first-order valence-corrected chi connectivity index (χ1v) is 4.76. The topological polar surface area (TPSA) is 37.3 Å². The number of alkyl halides is 1. The highest BCUT2D eigenvalue weighted by molar-refractivity contribution is 9.09. The second-order valence-corrected chi connectivity index (χ2v) is 3.24. The van der Waals surface area contributed by atoms with Gasteiger partial charge in [-0.25, -0.2) is 4.39 Å². The first-order chi connectivity index (χ1) is 6.06. The number of hydrogen-bond acceptors (Lipinski definition) is 2. The van der Waals surface area contributed by atoms with Crippen molar-refractivity contribution in [3.05, 3.63) is 29.1 Å². The average molecular weight is 247 g/mol. The van der Waals surface area contributed by atoms with Gasteiger partial charge in [0.15, 0.2) is 5.78 Å². The molecule has 1 rings (SSSR count). The number of Topliss-reactive ketones (excluding diaryl/α,β-unsaturated/α-hetero) is 1. The first kappa shape index (κ1) is 10.2. The van der Waals surface area contributed by atoms with Crippen molar-refractivity contribution in [3.8, 4) is 5.75 Å². The van der Waals surface area contributed by atoms with Crippen molar-refractivity contribution in [2.45, 2.75) is 6.92 Å². The molecule has 0 aliphatic heterocycles. The normalized spacial score (nSPS) is 10.1. The monoisotopic (exact) mass is 246 g/mol. The van der Waals surface area contributed by atoms with Gasteiger partial charge >= 0.3 is 0 Å². The van der Waals surface area contributed by atoms with E-state index in [2.05, 4.69) is 15.9 Å². The number of hydrogen-bond donors (Lipinski definition) is 1. The van der Waals surface area contributed by atoms with E-state index in [-0.39, 0.29) is 22.4 Å². The van der Waals surface area contributed by atoms with Crippen LogP contribution in [0.25, 0.3) is 0 Å². The van der Waals surface area contributed by atoms with Gasteiger partial charge in [0, 0.05) is 6.07 Å². The number of carbonyl (C=O) groups excluding carboxylic acids is 1. The minimum atomic E-state index is -0.679. The summed E-state index contributed by atoms with van der Waals surface area (Å²) in [5.41, 5.74) is 0.483. The van der Waals surface area contributed by atoms with E-state index in [1.165, 1.54) is 6.07 Å². The standard InChI is InChI=1S/C9H8BrFO2/c1-5-2-6(12)3-7(11)9(5)8(13)4-10/h2-3,12H,4H2,1H3. The van der Waals surface area contributed by atoms with Crippen LogP contribution in [0.4, 0.5) is 4.39 Å². The molecular weight excluding hydrogens is 239 g/mol. The quantitative estimate of drug-likeness (QED) is 0.643. The summed E-state index contributed by atoms with van der Waals surface area (Å²) in [6.07, 6.45) is 0. The molecule has 0 aromatic heterocycles. The van der Waals surface area contributed by atoms with Gasteiger partial charge in [-0.2, -0.15) is 0 Å². The zero-order valence-electron chi connectivity index (χ0n) is 6.97. The Hall–Kier alpha value is -0.900. The largest absolute Gasteiger partial charge is 0.508 e. The zero-order chi connectivity index (χ0) is 10.0. The van der Waals surface area contributed by atoms with Crippen LogP contribution in [0.2, 0.25) is 0 Å². The minimum absolute atomic E-state index is 0.0367. The fraction of sp³-hybridized carbons (Fsp3) is 0.222. The van der Waals surface area contributed by atoms with E-state index in [4.69, 9.17) is 5.11 Å². The van der Waals surface area contributed by atoms with E-state index in [1.54, 1.807) is 6.92 Å². The number of carbonyl (C=O) groups is 1. The molecule has 0 bridgehead atoms. The molecule has 0 saturated heterocycles. The number of phenols is 1. The SMILES string of the molecule is Cc1cc(O)cc(F)c1C(=O)CBr. The summed E-state index contributed by atoms with van der Waals surface area (Å²) >= 11 is 2.96. The molecular formula is C9H8BrFO2. The number of benzene rings is 1. The number of aryl methyl sites for hydroxylation is 1. The van der Waals surface area contributed by atoms with Crippen molar-refractivity contribution >= 4 is 21.7 Å². The predicted molar refractivity (Wildman–Crippen MR) is 50.9 cm³/mol. The van der Waals surface area contributed by atoms with Crippen LogP contribution in [0.5, 0.6) is 5.75 Å². The van der Waals surface area contributed by atoms with E-state index in [1.807, 2.05) is 0 Å². The summed E-state index contributed by atoms with van der Waals surface area (Å²) in [7, 11) is 0. The molecule has 0 aliphatic rings. The second-order valence-electron chi connectivity index (χ2n) is 2.68. The molecule has 0 heterocycles. The average Bonchev–Trinajstić information content (AvgIpc) is 2.02. The van der Waals surface area contributed by atoms with Gasteiger partial charge in [-0.1, -0.05) is 15.9 Å². The van der Waals surface area contributed by atoms with Crippen LogP contribution in [0.3, 0.4) is 0 Å². The Bertz CT molecular complexity index is 326. The summed E-state index contributed by atoms with van der Waals surface area (Å²) in [6.45, 7) is 1.58. The molecule has 0 spiro atoms. The molecule has 0 unspecified atom stereocenters. The lowest BCUT2D eigenvalue weighted by molar-refractivity contribution is 0.101. The molecule has 13 heavy (non-hydrogen) atoms. The van der Waals surface area contributed by atoms with E-state index in [9.17, 15) is 9.18 Å². The summed E-state index contributed by atoms with van der Waals surface area (Å²) in [5, 5.41) is 9.09. The van der Waals surface area contributed by atoms with Crippen molar-refractivity contribution < 1.29 is 14.3 Å². The minimum Gasteiger partial charge on any atom is -0.508 e. The lowest BCUT2D eigenvalue weighted by Crippen LogP contribution is -2.05. The van der Waals surface area contributed by atoms with Crippen LogP contribution in [-0.4, -0.2) is 16.2 Å². The van der Waals surface area contributed by atoms with Gasteiger partial charge in [-0.3, -0.25) is 4.79 Å². The maximum absolute atomic E-state index is 13.1. The smallest absolute Gasteiger partial charge is 0.176 e.